The highest BCUT2D eigenvalue weighted by molar-refractivity contribution is 5.90. The molecule has 0 spiro atoms. The number of benzene rings is 1. The number of likely N-dealkylation sites (tertiary alicyclic amines) is 1. The Labute approximate surface area is 225 Å². The molecular formula is C24H23F6N7O2. The summed E-state index contributed by atoms with van der Waals surface area (Å²) in [4.78, 5) is 20.4. The van der Waals surface area contributed by atoms with Crippen molar-refractivity contribution >= 4 is 28.4 Å². The Morgan fingerprint density at radius 1 is 1.28 bits per heavy atom. The number of piperidine rings is 1. The fourth-order valence-corrected chi connectivity index (χ4v) is 4.69. The number of aryl methyl sites for hydroxylation is 1. The highest BCUT2D eigenvalue weighted by Crippen LogP contribution is 2.37. The van der Waals surface area contributed by atoms with E-state index in [9.17, 15) is 13.6 Å². The zero-order valence-electron chi connectivity index (χ0n) is 26.0. The van der Waals surface area contributed by atoms with Crippen LogP contribution in [0.2, 0.25) is 0 Å². The van der Waals surface area contributed by atoms with E-state index in [0.717, 1.165) is 21.3 Å². The molecule has 0 radical (unpaired) electrons. The van der Waals surface area contributed by atoms with Crippen LogP contribution in [0.15, 0.2) is 18.3 Å². The molecule has 1 amide bonds. The third kappa shape index (κ3) is 4.69. The SMILES string of the molecule is [2H]C([2H])([2H])Oc1nc(N[C@@H]2CCN(C(=O)C([2H])([2H])[2H])CC2(F)F)nn2cc(F)c(-c3cc(F)c4nc(C)n(CC(F)F)c4c3)c12. The minimum Gasteiger partial charge on any atom is -0.479 e. The van der Waals surface area contributed by atoms with Gasteiger partial charge in [0.2, 0.25) is 17.7 Å². The molecule has 0 bridgehead atoms. The molecule has 4 heterocycles. The van der Waals surface area contributed by atoms with Crippen molar-refractivity contribution in [3.8, 4) is 17.0 Å². The first-order valence-corrected chi connectivity index (χ1v) is 11.4. The molecule has 1 aliphatic rings. The number of anilines is 1. The van der Waals surface area contributed by atoms with E-state index in [1.165, 1.54) is 13.0 Å². The van der Waals surface area contributed by atoms with Gasteiger partial charge in [-0.25, -0.2) is 35.8 Å². The Bertz CT molecular complexity index is 1790. The van der Waals surface area contributed by atoms with E-state index in [0.29, 0.717) is 4.90 Å². The quantitative estimate of drug-likeness (QED) is 0.354. The largest absolute Gasteiger partial charge is 0.479 e. The monoisotopic (exact) mass is 561 g/mol. The zero-order valence-corrected chi connectivity index (χ0v) is 20.0. The van der Waals surface area contributed by atoms with Crippen molar-refractivity contribution in [2.75, 3.05) is 25.4 Å². The molecule has 208 valence electrons. The van der Waals surface area contributed by atoms with Gasteiger partial charge in [0.15, 0.2) is 11.6 Å². The van der Waals surface area contributed by atoms with Gasteiger partial charge in [0.25, 0.3) is 12.3 Å². The summed E-state index contributed by atoms with van der Waals surface area (Å²) >= 11 is 0. The van der Waals surface area contributed by atoms with Crippen LogP contribution in [-0.4, -0.2) is 73.5 Å². The number of halogens is 6. The summed E-state index contributed by atoms with van der Waals surface area (Å²) in [5, 5.41) is 6.27. The number of ether oxygens (including phenoxy) is 1. The normalized spacial score (nSPS) is 20.3. The van der Waals surface area contributed by atoms with Crippen molar-refractivity contribution in [3.63, 3.8) is 0 Å². The highest BCUT2D eigenvalue weighted by Gasteiger charge is 2.46. The summed E-state index contributed by atoms with van der Waals surface area (Å²) in [6, 6.07) is 0.241. The number of hydrogen-bond donors (Lipinski definition) is 1. The second-order valence-corrected chi connectivity index (χ2v) is 8.95. The maximum atomic E-state index is 15.5. The van der Waals surface area contributed by atoms with Crippen molar-refractivity contribution < 1.29 is 44.1 Å². The van der Waals surface area contributed by atoms with Gasteiger partial charge in [0.1, 0.15) is 16.9 Å². The number of rotatable bonds is 6. The van der Waals surface area contributed by atoms with E-state index >= 15 is 17.6 Å². The molecule has 1 aromatic carbocycles. The lowest BCUT2D eigenvalue weighted by molar-refractivity contribution is -0.140. The van der Waals surface area contributed by atoms with E-state index in [1.54, 1.807) is 0 Å². The molecule has 5 rings (SSSR count). The van der Waals surface area contributed by atoms with E-state index in [-0.39, 0.29) is 29.0 Å². The first-order valence-electron chi connectivity index (χ1n) is 14.4. The molecule has 15 heteroatoms. The van der Waals surface area contributed by atoms with Crippen LogP contribution in [0.1, 0.15) is 27.3 Å². The molecule has 3 aromatic heterocycles. The summed E-state index contributed by atoms with van der Waals surface area (Å²) < 4.78 is 138. The van der Waals surface area contributed by atoms with Crippen LogP contribution in [-0.2, 0) is 11.3 Å². The smallest absolute Gasteiger partial charge is 0.285 e. The summed E-state index contributed by atoms with van der Waals surface area (Å²) in [6.07, 6.45) is -2.58. The van der Waals surface area contributed by atoms with E-state index in [2.05, 4.69) is 20.4 Å². The Hall–Kier alpha value is -4.04. The Balaban J connectivity index is 1.58. The van der Waals surface area contributed by atoms with Crippen molar-refractivity contribution in [1.29, 1.82) is 0 Å². The third-order valence-corrected chi connectivity index (χ3v) is 6.45. The molecule has 0 aliphatic carbocycles. The van der Waals surface area contributed by atoms with Crippen molar-refractivity contribution in [3.05, 3.63) is 35.8 Å². The van der Waals surface area contributed by atoms with Gasteiger partial charge in [-0.3, -0.25) is 4.79 Å². The predicted octanol–water partition coefficient (Wildman–Crippen LogP) is 4.27. The second kappa shape index (κ2) is 9.61. The van der Waals surface area contributed by atoms with Gasteiger partial charge in [-0.2, -0.15) is 4.98 Å². The number of nitrogens with zero attached hydrogens (tertiary/aromatic N) is 6. The molecule has 1 saturated heterocycles. The van der Waals surface area contributed by atoms with Gasteiger partial charge in [-0.15, -0.1) is 5.10 Å². The van der Waals surface area contributed by atoms with Gasteiger partial charge in [0, 0.05) is 17.5 Å². The number of aromatic nitrogens is 5. The molecule has 1 N–H and O–H groups in total. The molecule has 1 atom stereocenters. The third-order valence-electron chi connectivity index (χ3n) is 6.45. The van der Waals surface area contributed by atoms with Crippen LogP contribution < -0.4 is 10.1 Å². The van der Waals surface area contributed by atoms with Crippen molar-refractivity contribution in [2.45, 2.75) is 45.1 Å². The molecule has 1 aliphatic heterocycles. The maximum Gasteiger partial charge on any atom is 0.285 e. The second-order valence-electron chi connectivity index (χ2n) is 8.95. The topological polar surface area (TPSA) is 89.6 Å². The minimum absolute atomic E-state index is 0.0550. The van der Waals surface area contributed by atoms with Crippen LogP contribution in [0.4, 0.5) is 32.3 Å². The average molecular weight is 562 g/mol. The number of carbonyl (C=O) groups excluding carboxylic acids is 1. The molecule has 1 fully saturated rings. The van der Waals surface area contributed by atoms with E-state index < -0.39 is 92.2 Å². The van der Waals surface area contributed by atoms with E-state index in [4.69, 9.17) is 13.0 Å². The summed E-state index contributed by atoms with van der Waals surface area (Å²) in [5.74, 6) is -8.67. The number of nitrogens with one attached hydrogen (secondary N) is 1. The molecular weight excluding hydrogens is 532 g/mol. The van der Waals surface area contributed by atoms with Crippen LogP contribution in [0.3, 0.4) is 0 Å². The van der Waals surface area contributed by atoms with Crippen LogP contribution in [0.5, 0.6) is 5.88 Å². The number of carbonyl (C=O) groups is 1. The summed E-state index contributed by atoms with van der Waals surface area (Å²) in [5.41, 5.74) is -1.55. The minimum atomic E-state index is -3.71. The fraction of sp³-hybridized carbons (Fsp3) is 0.417. The molecule has 4 aromatic rings. The van der Waals surface area contributed by atoms with E-state index in [1.807, 2.05) is 0 Å². The number of methoxy groups -OCH3 is 1. The average Bonchev–Trinajstić information content (AvgIpc) is 3.39. The number of fused-ring (bicyclic) bond motifs is 2. The number of imidazole rings is 1. The van der Waals surface area contributed by atoms with Gasteiger partial charge in [0.05, 0.1) is 47.6 Å². The predicted molar refractivity (Wildman–Crippen MR) is 128 cm³/mol. The lowest BCUT2D eigenvalue weighted by Crippen LogP contribution is -2.55. The summed E-state index contributed by atoms with van der Waals surface area (Å²) in [7, 11) is -3.20. The zero-order chi connectivity index (χ0) is 33.2. The lowest BCUT2D eigenvalue weighted by atomic mass is 10.0. The van der Waals surface area contributed by atoms with Gasteiger partial charge in [-0.05, 0) is 31.0 Å². The number of amides is 1. The molecule has 0 saturated carbocycles. The fourth-order valence-electron chi connectivity index (χ4n) is 4.69. The maximum absolute atomic E-state index is 15.5. The van der Waals surface area contributed by atoms with Crippen LogP contribution in [0, 0.1) is 18.6 Å². The first kappa shape index (κ1) is 19.9. The highest BCUT2D eigenvalue weighted by atomic mass is 19.3. The Morgan fingerprint density at radius 2 is 2.08 bits per heavy atom. The van der Waals surface area contributed by atoms with Crippen molar-refractivity contribution in [1.82, 2.24) is 29.0 Å². The molecule has 39 heavy (non-hydrogen) atoms. The van der Waals surface area contributed by atoms with Gasteiger partial charge >= 0.3 is 0 Å². The lowest BCUT2D eigenvalue weighted by Gasteiger charge is -2.38. The van der Waals surface area contributed by atoms with Gasteiger partial charge < -0.3 is 19.5 Å². The number of alkyl halides is 4. The van der Waals surface area contributed by atoms with Crippen molar-refractivity contribution in [2.24, 2.45) is 0 Å². The number of hydrogen-bond acceptors (Lipinski definition) is 6. The van der Waals surface area contributed by atoms with Crippen LogP contribution >= 0.6 is 0 Å². The molecule has 0 unspecified atom stereocenters. The molecule has 9 nitrogen and oxygen atoms in total. The van der Waals surface area contributed by atoms with Gasteiger partial charge in [-0.1, -0.05) is 0 Å². The standard InChI is InChI=1S/C24H23F6N7O2/c1-11-31-20-14(25)6-13(7-16(20)36(11)9-18(27)28)19-15(26)8-37-21(19)22(39-3)33-23(34-37)32-17-4-5-35(12(2)38)10-24(17,29)30/h6-8,17-18H,4-5,9-10H2,1-3H3,(H,32,34)/t17-/m1/s1/i2D3,3D3. The summed E-state index contributed by atoms with van der Waals surface area (Å²) in [6.45, 7) is -4.22. The Morgan fingerprint density at radius 3 is 2.77 bits per heavy atom. The Kier molecular flexibility index (Phi) is 4.91. The first-order chi connectivity index (χ1) is 20.7. The van der Waals surface area contributed by atoms with Crippen LogP contribution in [0.25, 0.3) is 27.7 Å².